The number of aliphatic hydroxyl groups excluding tert-OH is 1. The lowest BCUT2D eigenvalue weighted by molar-refractivity contribution is 0.0793. The first-order valence-electron chi connectivity index (χ1n) is 8.59. The van der Waals surface area contributed by atoms with Gasteiger partial charge in [-0.3, -0.25) is 4.90 Å². The molecule has 1 fully saturated rings. The van der Waals surface area contributed by atoms with Gasteiger partial charge in [-0.25, -0.2) is 4.39 Å². The Bertz CT molecular complexity index is 681. The Kier molecular flexibility index (Phi) is 5.48. The number of anilines is 1. The SMILES string of the molecule is Cc1cc(F)ccc1CNc1ccccc1CN1CCC(O)CC1. The Morgan fingerprint density at radius 3 is 2.62 bits per heavy atom. The van der Waals surface area contributed by atoms with Gasteiger partial charge < -0.3 is 10.4 Å². The van der Waals surface area contributed by atoms with Crippen LogP contribution in [0.3, 0.4) is 0 Å². The van der Waals surface area contributed by atoms with Gasteiger partial charge in [0.15, 0.2) is 0 Å². The third-order valence-corrected chi connectivity index (χ3v) is 4.74. The van der Waals surface area contributed by atoms with Gasteiger partial charge in [-0.1, -0.05) is 24.3 Å². The first-order valence-corrected chi connectivity index (χ1v) is 8.59. The monoisotopic (exact) mass is 328 g/mol. The zero-order valence-corrected chi connectivity index (χ0v) is 14.1. The molecule has 0 amide bonds. The van der Waals surface area contributed by atoms with Crippen LogP contribution in [0.25, 0.3) is 0 Å². The molecule has 1 heterocycles. The molecule has 3 rings (SSSR count). The van der Waals surface area contributed by atoms with Crippen LogP contribution in [0.4, 0.5) is 10.1 Å². The number of aryl methyl sites for hydroxylation is 1. The third-order valence-electron chi connectivity index (χ3n) is 4.74. The van der Waals surface area contributed by atoms with E-state index in [9.17, 15) is 9.50 Å². The molecule has 0 radical (unpaired) electrons. The molecule has 4 heteroatoms. The molecule has 2 aromatic carbocycles. The number of benzene rings is 2. The van der Waals surface area contributed by atoms with Gasteiger partial charge in [-0.2, -0.15) is 0 Å². The summed E-state index contributed by atoms with van der Waals surface area (Å²) in [6, 6.07) is 13.2. The fourth-order valence-electron chi connectivity index (χ4n) is 3.20. The van der Waals surface area contributed by atoms with Crippen LogP contribution in [0.2, 0.25) is 0 Å². The minimum Gasteiger partial charge on any atom is -0.393 e. The van der Waals surface area contributed by atoms with E-state index in [2.05, 4.69) is 28.4 Å². The van der Waals surface area contributed by atoms with Crippen molar-refractivity contribution in [3.63, 3.8) is 0 Å². The van der Waals surface area contributed by atoms with Crippen LogP contribution in [-0.2, 0) is 13.1 Å². The lowest BCUT2D eigenvalue weighted by atomic mass is 10.1. The molecule has 0 atom stereocenters. The molecule has 1 saturated heterocycles. The van der Waals surface area contributed by atoms with Crippen LogP contribution in [0, 0.1) is 12.7 Å². The number of hydrogen-bond acceptors (Lipinski definition) is 3. The molecule has 24 heavy (non-hydrogen) atoms. The molecule has 0 spiro atoms. The highest BCUT2D eigenvalue weighted by Crippen LogP contribution is 2.21. The van der Waals surface area contributed by atoms with Gasteiger partial charge in [0.1, 0.15) is 5.82 Å². The normalized spacial score (nSPS) is 16.3. The molecule has 1 aliphatic heterocycles. The topological polar surface area (TPSA) is 35.5 Å². The first-order chi connectivity index (χ1) is 11.6. The molecular formula is C20H25FN2O. The predicted octanol–water partition coefficient (Wildman–Crippen LogP) is 3.70. The van der Waals surface area contributed by atoms with Gasteiger partial charge in [0, 0.05) is 31.9 Å². The van der Waals surface area contributed by atoms with E-state index in [0.717, 1.165) is 49.3 Å². The zero-order valence-electron chi connectivity index (χ0n) is 14.1. The standard InChI is InChI=1S/C20H25FN2O/c1-15-12-18(21)7-6-16(15)13-22-20-5-3-2-4-17(20)14-23-10-8-19(24)9-11-23/h2-7,12,19,22,24H,8-11,13-14H2,1H3. The summed E-state index contributed by atoms with van der Waals surface area (Å²) in [6.07, 6.45) is 1.56. The molecule has 2 aromatic rings. The summed E-state index contributed by atoms with van der Waals surface area (Å²) >= 11 is 0. The van der Waals surface area contributed by atoms with Gasteiger partial charge in [-0.05, 0) is 54.7 Å². The van der Waals surface area contributed by atoms with Crippen LogP contribution in [0.15, 0.2) is 42.5 Å². The highest BCUT2D eigenvalue weighted by atomic mass is 19.1. The summed E-state index contributed by atoms with van der Waals surface area (Å²) in [5, 5.41) is 13.1. The van der Waals surface area contributed by atoms with Crippen molar-refractivity contribution in [1.82, 2.24) is 4.90 Å². The number of likely N-dealkylation sites (tertiary alicyclic amines) is 1. The van der Waals surface area contributed by atoms with E-state index in [1.165, 1.54) is 11.6 Å². The molecule has 1 aliphatic rings. The van der Waals surface area contributed by atoms with Crippen molar-refractivity contribution in [3.05, 3.63) is 65.0 Å². The minimum atomic E-state index is -0.191. The number of hydrogen-bond donors (Lipinski definition) is 2. The summed E-state index contributed by atoms with van der Waals surface area (Å²) in [5.41, 5.74) is 4.44. The molecule has 0 aromatic heterocycles. The maximum absolute atomic E-state index is 13.2. The Labute approximate surface area is 143 Å². The van der Waals surface area contributed by atoms with Crippen molar-refractivity contribution in [2.75, 3.05) is 18.4 Å². The quantitative estimate of drug-likeness (QED) is 0.878. The van der Waals surface area contributed by atoms with E-state index in [0.29, 0.717) is 6.54 Å². The van der Waals surface area contributed by atoms with Crippen molar-refractivity contribution in [2.24, 2.45) is 0 Å². The van der Waals surface area contributed by atoms with Gasteiger partial charge >= 0.3 is 0 Å². The molecule has 2 N–H and O–H groups in total. The van der Waals surface area contributed by atoms with Gasteiger partial charge in [-0.15, -0.1) is 0 Å². The largest absolute Gasteiger partial charge is 0.393 e. The van der Waals surface area contributed by atoms with Crippen LogP contribution >= 0.6 is 0 Å². The van der Waals surface area contributed by atoms with Crippen molar-refractivity contribution in [2.45, 2.75) is 39.0 Å². The van der Waals surface area contributed by atoms with Crippen molar-refractivity contribution >= 4 is 5.69 Å². The second kappa shape index (κ2) is 7.77. The Morgan fingerprint density at radius 1 is 1.12 bits per heavy atom. The van der Waals surface area contributed by atoms with Crippen LogP contribution in [0.1, 0.15) is 29.5 Å². The second-order valence-electron chi connectivity index (χ2n) is 6.59. The Hall–Kier alpha value is -1.91. The fourth-order valence-corrected chi connectivity index (χ4v) is 3.20. The van der Waals surface area contributed by atoms with Crippen LogP contribution < -0.4 is 5.32 Å². The van der Waals surface area contributed by atoms with E-state index < -0.39 is 0 Å². The average molecular weight is 328 g/mol. The van der Waals surface area contributed by atoms with Crippen molar-refractivity contribution in [1.29, 1.82) is 0 Å². The van der Waals surface area contributed by atoms with Crippen molar-refractivity contribution < 1.29 is 9.50 Å². The number of aliphatic hydroxyl groups is 1. The number of nitrogens with one attached hydrogen (secondary N) is 1. The lowest BCUT2D eigenvalue weighted by Crippen LogP contribution is -2.35. The Balaban J connectivity index is 1.65. The second-order valence-corrected chi connectivity index (χ2v) is 6.59. The summed E-state index contributed by atoms with van der Waals surface area (Å²) < 4.78 is 13.2. The number of nitrogens with zero attached hydrogens (tertiary/aromatic N) is 1. The predicted molar refractivity (Wildman–Crippen MR) is 95.4 cm³/mol. The number of piperidine rings is 1. The number of rotatable bonds is 5. The summed E-state index contributed by atoms with van der Waals surface area (Å²) in [5.74, 6) is -0.191. The third kappa shape index (κ3) is 4.34. The molecule has 0 aliphatic carbocycles. The number of para-hydroxylation sites is 1. The maximum Gasteiger partial charge on any atom is 0.123 e. The molecular weight excluding hydrogens is 303 g/mol. The number of halogens is 1. The van der Waals surface area contributed by atoms with Crippen molar-refractivity contribution in [3.8, 4) is 0 Å². The molecule has 0 bridgehead atoms. The molecule has 128 valence electrons. The molecule has 3 nitrogen and oxygen atoms in total. The average Bonchev–Trinajstić information content (AvgIpc) is 2.57. The van der Waals surface area contributed by atoms with Gasteiger partial charge in [0.25, 0.3) is 0 Å². The highest BCUT2D eigenvalue weighted by Gasteiger charge is 2.17. The van der Waals surface area contributed by atoms with E-state index in [1.54, 1.807) is 6.07 Å². The minimum absolute atomic E-state index is 0.143. The first kappa shape index (κ1) is 16.9. The smallest absolute Gasteiger partial charge is 0.123 e. The van der Waals surface area contributed by atoms with Crippen LogP contribution in [-0.4, -0.2) is 29.2 Å². The summed E-state index contributed by atoms with van der Waals surface area (Å²) in [7, 11) is 0. The van der Waals surface area contributed by atoms with E-state index in [-0.39, 0.29) is 11.9 Å². The van der Waals surface area contributed by atoms with E-state index in [1.807, 2.05) is 19.1 Å². The fraction of sp³-hybridized carbons (Fsp3) is 0.400. The summed E-state index contributed by atoms with van der Waals surface area (Å²) in [6.45, 7) is 5.38. The molecule has 0 saturated carbocycles. The Morgan fingerprint density at radius 2 is 1.88 bits per heavy atom. The van der Waals surface area contributed by atoms with Gasteiger partial charge in [0.2, 0.25) is 0 Å². The molecule has 0 unspecified atom stereocenters. The lowest BCUT2D eigenvalue weighted by Gasteiger charge is -2.30. The van der Waals surface area contributed by atoms with Gasteiger partial charge in [0.05, 0.1) is 6.10 Å². The van der Waals surface area contributed by atoms with E-state index in [4.69, 9.17) is 0 Å². The maximum atomic E-state index is 13.2. The highest BCUT2D eigenvalue weighted by molar-refractivity contribution is 5.51. The van der Waals surface area contributed by atoms with Crippen LogP contribution in [0.5, 0.6) is 0 Å². The summed E-state index contributed by atoms with van der Waals surface area (Å²) in [4.78, 5) is 2.39. The van der Waals surface area contributed by atoms with E-state index >= 15 is 0 Å². The zero-order chi connectivity index (χ0) is 16.9.